The Labute approximate surface area is 188 Å². The first-order chi connectivity index (χ1) is 15.6. The minimum absolute atomic E-state index is 0.161. The highest BCUT2D eigenvalue weighted by atomic mass is 32.1. The number of anilines is 1. The van der Waals surface area contributed by atoms with Gasteiger partial charge in [-0.2, -0.15) is 0 Å². The highest BCUT2D eigenvalue weighted by Crippen LogP contribution is 2.53. The van der Waals surface area contributed by atoms with Gasteiger partial charge < -0.3 is 14.9 Å². The number of fused-ring (bicyclic) bond motifs is 1. The third kappa shape index (κ3) is 3.27. The molecule has 8 heteroatoms. The van der Waals surface area contributed by atoms with Crippen molar-refractivity contribution in [1.82, 2.24) is 19.9 Å². The van der Waals surface area contributed by atoms with Gasteiger partial charge in [-0.1, -0.05) is 12.1 Å². The van der Waals surface area contributed by atoms with E-state index in [1.165, 1.54) is 23.8 Å². The van der Waals surface area contributed by atoms with E-state index in [0.717, 1.165) is 47.4 Å². The molecule has 1 spiro atoms. The maximum absolute atomic E-state index is 13.1. The Balaban J connectivity index is 1.29. The molecule has 4 heterocycles. The topological polar surface area (TPSA) is 91.8 Å². The van der Waals surface area contributed by atoms with Crippen molar-refractivity contribution >= 4 is 34.2 Å². The predicted octanol–water partition coefficient (Wildman–Crippen LogP) is 4.02. The lowest BCUT2D eigenvalue weighted by molar-refractivity contribution is 0.0874. The maximum atomic E-state index is 13.1. The number of amides is 1. The molecule has 0 unspecified atom stereocenters. The molecule has 7 nitrogen and oxygen atoms in total. The molecule has 4 aromatic rings. The molecule has 0 radical (unpaired) electrons. The van der Waals surface area contributed by atoms with Crippen LogP contribution >= 0.6 is 11.3 Å². The van der Waals surface area contributed by atoms with E-state index in [9.17, 15) is 9.59 Å². The fraction of sp³-hybridized carbons (Fsp3) is 0.292. The average Bonchev–Trinajstić information content (AvgIpc) is 3.50. The molecule has 1 aromatic carbocycles. The lowest BCUT2D eigenvalue weighted by atomic mass is 9.65. The molecule has 6 rings (SSSR count). The Morgan fingerprint density at radius 1 is 1.19 bits per heavy atom. The minimum Gasteiger partial charge on any atom is -0.329 e. The van der Waals surface area contributed by atoms with Crippen LogP contribution in [0.15, 0.2) is 59.5 Å². The molecule has 1 aliphatic carbocycles. The van der Waals surface area contributed by atoms with Crippen LogP contribution in [-0.2, 0) is 0 Å². The van der Waals surface area contributed by atoms with Gasteiger partial charge in [-0.05, 0) is 67.1 Å². The number of carbonyl (C=O) groups excluding carboxylic acids is 1. The molecule has 2 fully saturated rings. The van der Waals surface area contributed by atoms with Crippen molar-refractivity contribution in [2.24, 2.45) is 5.41 Å². The standard InChI is InChI=1S/C24H23N5O2S/c30-21-11-15(7-9-26-21)19-5-6-20(32-19)22(31)28-23-27-17-3-1-2-4-18(17)29(23)16-12-24(13-16)8-10-25-14-24/h1-7,9,11,16,25H,8,10,12-14H2,(H,26,30)(H,27,28,31)/t16-,24-. The summed E-state index contributed by atoms with van der Waals surface area (Å²) >= 11 is 1.37. The van der Waals surface area contributed by atoms with Crippen molar-refractivity contribution in [3.05, 3.63) is 70.0 Å². The van der Waals surface area contributed by atoms with E-state index in [1.54, 1.807) is 12.3 Å². The minimum atomic E-state index is -0.181. The van der Waals surface area contributed by atoms with Crippen LogP contribution in [0.5, 0.6) is 0 Å². The third-order valence-electron chi connectivity index (χ3n) is 6.75. The largest absolute Gasteiger partial charge is 0.329 e. The lowest BCUT2D eigenvalue weighted by Crippen LogP contribution is -2.40. The van der Waals surface area contributed by atoms with Crippen molar-refractivity contribution in [1.29, 1.82) is 0 Å². The molecular formula is C24H23N5O2S. The van der Waals surface area contributed by atoms with Crippen LogP contribution in [0.4, 0.5) is 5.95 Å². The summed E-state index contributed by atoms with van der Waals surface area (Å²) < 4.78 is 2.21. The number of rotatable bonds is 4. The molecule has 1 amide bonds. The van der Waals surface area contributed by atoms with Gasteiger partial charge in [0.15, 0.2) is 0 Å². The van der Waals surface area contributed by atoms with Gasteiger partial charge in [-0.25, -0.2) is 4.98 Å². The predicted molar refractivity (Wildman–Crippen MR) is 126 cm³/mol. The number of hydrogen-bond acceptors (Lipinski definition) is 5. The number of imidazole rings is 1. The highest BCUT2D eigenvalue weighted by Gasteiger charge is 2.47. The number of pyridine rings is 1. The first-order valence-corrected chi connectivity index (χ1v) is 11.7. The van der Waals surface area contributed by atoms with E-state index in [-0.39, 0.29) is 11.5 Å². The summed E-state index contributed by atoms with van der Waals surface area (Å²) in [4.78, 5) is 33.5. The van der Waals surface area contributed by atoms with Gasteiger partial charge in [-0.3, -0.25) is 14.9 Å². The Morgan fingerprint density at radius 3 is 2.88 bits per heavy atom. The second-order valence-corrected chi connectivity index (χ2v) is 9.93. The SMILES string of the molecule is O=C(Nc1nc2ccccc2n1[C@H]1C[C@@]2(CCNC2)C1)c1ccc(-c2cc[nH]c(=O)c2)s1. The average molecular weight is 446 g/mol. The van der Waals surface area contributed by atoms with Gasteiger partial charge in [0.2, 0.25) is 11.5 Å². The van der Waals surface area contributed by atoms with Crippen LogP contribution in [0.3, 0.4) is 0 Å². The summed E-state index contributed by atoms with van der Waals surface area (Å²) in [6, 6.07) is 15.4. The normalized spacial score (nSPS) is 22.3. The molecular weight excluding hydrogens is 422 g/mol. The molecule has 3 N–H and O–H groups in total. The number of thiophene rings is 1. The van der Waals surface area contributed by atoms with Gasteiger partial charge >= 0.3 is 0 Å². The van der Waals surface area contributed by atoms with E-state index in [0.29, 0.717) is 22.3 Å². The van der Waals surface area contributed by atoms with Gasteiger partial charge in [0.25, 0.3) is 5.91 Å². The fourth-order valence-electron chi connectivity index (χ4n) is 5.14. The van der Waals surface area contributed by atoms with Crippen molar-refractivity contribution in [2.75, 3.05) is 18.4 Å². The smallest absolute Gasteiger partial charge is 0.268 e. The Kier molecular flexibility index (Phi) is 4.51. The van der Waals surface area contributed by atoms with Crippen LogP contribution in [-0.4, -0.2) is 33.5 Å². The van der Waals surface area contributed by atoms with Gasteiger partial charge in [0, 0.05) is 29.7 Å². The Morgan fingerprint density at radius 2 is 2.06 bits per heavy atom. The van der Waals surface area contributed by atoms with E-state index in [1.807, 2.05) is 30.3 Å². The second-order valence-electron chi connectivity index (χ2n) is 8.84. The van der Waals surface area contributed by atoms with Crippen LogP contribution in [0.1, 0.15) is 35.0 Å². The number of benzene rings is 1. The second kappa shape index (κ2) is 7.43. The van der Waals surface area contributed by atoms with Crippen LogP contribution < -0.4 is 16.2 Å². The first kappa shape index (κ1) is 19.5. The summed E-state index contributed by atoms with van der Waals surface area (Å²) in [6.07, 6.45) is 5.05. The van der Waals surface area contributed by atoms with Gasteiger partial charge in [-0.15, -0.1) is 11.3 Å². The molecule has 3 aromatic heterocycles. The summed E-state index contributed by atoms with van der Waals surface area (Å²) in [5, 5.41) is 6.55. The van der Waals surface area contributed by atoms with Gasteiger partial charge in [0.05, 0.1) is 15.9 Å². The van der Waals surface area contributed by atoms with Crippen molar-refractivity contribution in [3.8, 4) is 10.4 Å². The monoisotopic (exact) mass is 445 g/mol. The quantitative estimate of drug-likeness (QED) is 0.442. The number of carbonyl (C=O) groups is 1. The Hall–Kier alpha value is -3.23. The molecule has 1 aliphatic heterocycles. The molecule has 0 bridgehead atoms. The third-order valence-corrected chi connectivity index (χ3v) is 7.88. The van der Waals surface area contributed by atoms with Crippen molar-refractivity contribution in [3.63, 3.8) is 0 Å². The number of hydrogen-bond donors (Lipinski definition) is 3. The van der Waals surface area contributed by atoms with E-state index in [2.05, 4.69) is 26.3 Å². The van der Waals surface area contributed by atoms with Crippen LogP contribution in [0, 0.1) is 5.41 Å². The van der Waals surface area contributed by atoms with Crippen molar-refractivity contribution < 1.29 is 4.79 Å². The van der Waals surface area contributed by atoms with Crippen LogP contribution in [0.25, 0.3) is 21.5 Å². The lowest BCUT2D eigenvalue weighted by Gasteiger charge is -2.46. The number of aromatic amines is 1. The highest BCUT2D eigenvalue weighted by molar-refractivity contribution is 7.17. The zero-order valence-electron chi connectivity index (χ0n) is 17.4. The first-order valence-electron chi connectivity index (χ1n) is 10.9. The number of nitrogens with one attached hydrogen (secondary N) is 3. The van der Waals surface area contributed by atoms with E-state index in [4.69, 9.17) is 4.98 Å². The summed E-state index contributed by atoms with van der Waals surface area (Å²) in [5.41, 5.74) is 2.99. The van der Waals surface area contributed by atoms with Crippen molar-refractivity contribution in [2.45, 2.75) is 25.3 Å². The Bertz CT molecular complexity index is 1370. The fourth-order valence-corrected chi connectivity index (χ4v) is 6.04. The molecule has 2 aliphatic rings. The van der Waals surface area contributed by atoms with E-state index < -0.39 is 0 Å². The molecule has 32 heavy (non-hydrogen) atoms. The summed E-state index contributed by atoms with van der Waals surface area (Å²) in [6.45, 7) is 2.17. The zero-order chi connectivity index (χ0) is 21.7. The zero-order valence-corrected chi connectivity index (χ0v) is 18.2. The number of nitrogens with zero attached hydrogens (tertiary/aromatic N) is 2. The number of para-hydroxylation sites is 2. The molecule has 1 saturated heterocycles. The number of aromatic nitrogens is 3. The molecule has 162 valence electrons. The molecule has 0 atom stereocenters. The summed E-state index contributed by atoms with van der Waals surface area (Å²) in [7, 11) is 0. The van der Waals surface area contributed by atoms with Crippen LogP contribution in [0.2, 0.25) is 0 Å². The van der Waals surface area contributed by atoms with E-state index >= 15 is 0 Å². The summed E-state index contributed by atoms with van der Waals surface area (Å²) in [5.74, 6) is 0.423. The molecule has 1 saturated carbocycles. The van der Waals surface area contributed by atoms with Gasteiger partial charge in [0.1, 0.15) is 0 Å². The number of H-pyrrole nitrogens is 1. The maximum Gasteiger partial charge on any atom is 0.268 e.